The molecule has 3 heterocycles. The third-order valence-corrected chi connectivity index (χ3v) is 13.3. The van der Waals surface area contributed by atoms with E-state index < -0.39 is 5.97 Å². The molecule has 0 spiro atoms. The highest BCUT2D eigenvalue weighted by Crippen LogP contribution is 2.53. The van der Waals surface area contributed by atoms with Gasteiger partial charge in [-0.15, -0.1) is 22.7 Å². The highest BCUT2D eigenvalue weighted by Gasteiger charge is 2.29. The minimum atomic E-state index is -1.27. The summed E-state index contributed by atoms with van der Waals surface area (Å²) < 4.78 is 34.3. The number of unbranched alkanes of at least 4 members (excludes halogenated alkanes) is 6. The highest BCUT2D eigenvalue weighted by molar-refractivity contribution is 7.19. The first-order valence-electron chi connectivity index (χ1n) is 21.2. The topological polar surface area (TPSA) is 127 Å². The van der Waals surface area contributed by atoms with Gasteiger partial charge in [-0.3, -0.25) is 0 Å². The minimum Gasteiger partial charge on any atom is -0.497 e. The number of thiophene rings is 2. The summed E-state index contributed by atoms with van der Waals surface area (Å²) in [7, 11) is 3.33. The second-order valence-electron chi connectivity index (χ2n) is 14.8. The Balaban J connectivity index is 1.31. The number of carboxylic acids is 1. The number of benzene rings is 4. The van der Waals surface area contributed by atoms with Gasteiger partial charge in [0, 0.05) is 36.6 Å². The largest absolute Gasteiger partial charge is 0.497 e. The lowest BCUT2D eigenvalue weighted by Crippen LogP contribution is -2.09. The molecule has 0 amide bonds. The molecule has 0 saturated heterocycles. The Kier molecular flexibility index (Phi) is 15.5. The van der Waals surface area contributed by atoms with Crippen LogP contribution in [0.3, 0.4) is 0 Å². The number of aliphatic carboxylic acids is 1. The third kappa shape index (κ3) is 10.5. The van der Waals surface area contributed by atoms with Crippen LogP contribution in [-0.4, -0.2) is 47.3 Å². The van der Waals surface area contributed by atoms with Gasteiger partial charge in [-0.05, 0) is 109 Å². The number of fused-ring (bicyclic) bond motifs is 1. The molecule has 7 aromatic rings. The molecule has 324 valence electrons. The fourth-order valence-corrected chi connectivity index (χ4v) is 9.87. The van der Waals surface area contributed by atoms with E-state index in [0.29, 0.717) is 40.6 Å². The maximum absolute atomic E-state index is 11.7. The molecule has 0 atom stereocenters. The summed E-state index contributed by atoms with van der Waals surface area (Å²) in [6.45, 7) is 5.37. The molecule has 10 nitrogen and oxygen atoms in total. The van der Waals surface area contributed by atoms with Crippen molar-refractivity contribution in [1.29, 1.82) is 5.26 Å². The van der Waals surface area contributed by atoms with Gasteiger partial charge in [-0.2, -0.15) is 14.0 Å². The standard InChI is InChI=1S/C50H50N4O6S3/c1-5-7-9-11-29-59-48-44(42-26-25-40(61-42)31-34(32-51)50(55)56)46-47(53-63-52-46)45(49(48)60-30-12-10-8-6-2)43-28-27-41(62-43)33-13-15-35(16-14-33)54(36-17-21-38(57-3)22-18-36)37-19-23-39(58-4)24-20-37/h13-28,31H,5-12,29-30H2,1-4H3,(H,55,56)/b34-31+. The predicted octanol–water partition coefficient (Wildman–Crippen LogP) is 14.2. The highest BCUT2D eigenvalue weighted by atomic mass is 32.1. The van der Waals surface area contributed by atoms with Crippen LogP contribution in [0, 0.1) is 11.3 Å². The molecule has 1 N–H and O–H groups in total. The molecule has 0 radical (unpaired) electrons. The molecular weight excluding hydrogens is 849 g/mol. The van der Waals surface area contributed by atoms with Crippen LogP contribution in [0.25, 0.3) is 48.4 Å². The molecule has 13 heteroatoms. The number of rotatable bonds is 22. The van der Waals surface area contributed by atoms with Crippen molar-refractivity contribution in [2.75, 3.05) is 32.3 Å². The van der Waals surface area contributed by atoms with Crippen LogP contribution in [0.1, 0.15) is 70.1 Å². The van der Waals surface area contributed by atoms with Crippen LogP contribution >= 0.6 is 34.4 Å². The number of nitrogens with zero attached hydrogens (tertiary/aromatic N) is 4. The van der Waals surface area contributed by atoms with Gasteiger partial charge in [0.1, 0.15) is 34.2 Å². The molecule has 0 fully saturated rings. The van der Waals surface area contributed by atoms with Gasteiger partial charge in [0.05, 0.1) is 50.3 Å². The lowest BCUT2D eigenvalue weighted by Gasteiger charge is -2.26. The molecule has 63 heavy (non-hydrogen) atoms. The second-order valence-corrected chi connectivity index (χ2v) is 17.5. The molecule has 0 saturated carbocycles. The molecule has 7 rings (SSSR count). The molecule has 0 bridgehead atoms. The number of aromatic nitrogens is 2. The summed E-state index contributed by atoms with van der Waals surface area (Å²) >= 11 is 4.18. The van der Waals surface area contributed by atoms with E-state index in [9.17, 15) is 15.2 Å². The Morgan fingerprint density at radius 3 is 1.60 bits per heavy atom. The van der Waals surface area contributed by atoms with Crippen molar-refractivity contribution in [3.8, 4) is 60.4 Å². The summed E-state index contributed by atoms with van der Waals surface area (Å²) in [4.78, 5) is 17.4. The van der Waals surface area contributed by atoms with Crippen molar-refractivity contribution < 1.29 is 28.8 Å². The van der Waals surface area contributed by atoms with Crippen LogP contribution in [-0.2, 0) is 4.79 Å². The maximum atomic E-state index is 11.7. The molecule has 0 unspecified atom stereocenters. The van der Waals surface area contributed by atoms with Crippen LogP contribution < -0.4 is 23.8 Å². The van der Waals surface area contributed by atoms with E-state index in [1.807, 2.05) is 60.7 Å². The first-order valence-corrected chi connectivity index (χ1v) is 23.6. The van der Waals surface area contributed by atoms with Gasteiger partial charge in [0.25, 0.3) is 0 Å². The van der Waals surface area contributed by atoms with E-state index in [-0.39, 0.29) is 5.57 Å². The summed E-state index contributed by atoms with van der Waals surface area (Å²) in [6, 6.07) is 34.4. The first kappa shape index (κ1) is 44.8. The lowest BCUT2D eigenvalue weighted by atomic mass is 10.0. The lowest BCUT2D eigenvalue weighted by molar-refractivity contribution is -0.132. The van der Waals surface area contributed by atoms with Crippen LogP contribution in [0.2, 0.25) is 0 Å². The number of nitriles is 1. The van der Waals surface area contributed by atoms with Crippen molar-refractivity contribution in [3.05, 3.63) is 108 Å². The van der Waals surface area contributed by atoms with E-state index in [4.69, 9.17) is 27.7 Å². The number of carboxylic acid groups (broad SMARTS) is 1. The molecule has 0 aliphatic heterocycles. The maximum Gasteiger partial charge on any atom is 0.346 e. The number of ether oxygens (including phenoxy) is 4. The fraction of sp³-hybridized carbons (Fsp3) is 0.280. The minimum absolute atomic E-state index is 0.335. The van der Waals surface area contributed by atoms with Crippen LogP contribution in [0.4, 0.5) is 17.1 Å². The normalized spacial score (nSPS) is 11.4. The van der Waals surface area contributed by atoms with Crippen molar-refractivity contribution in [1.82, 2.24) is 8.75 Å². The Labute approximate surface area is 380 Å². The quantitative estimate of drug-likeness (QED) is 0.0399. The summed E-state index contributed by atoms with van der Waals surface area (Å²) in [6.07, 6.45) is 9.70. The third-order valence-electron chi connectivity index (χ3n) is 10.5. The Morgan fingerprint density at radius 2 is 1.13 bits per heavy atom. The van der Waals surface area contributed by atoms with Gasteiger partial charge >= 0.3 is 5.97 Å². The molecule has 3 aromatic heterocycles. The van der Waals surface area contributed by atoms with Crippen molar-refractivity contribution in [2.45, 2.75) is 65.2 Å². The van der Waals surface area contributed by atoms with E-state index in [0.717, 1.165) is 123 Å². The van der Waals surface area contributed by atoms with E-state index in [1.54, 1.807) is 31.6 Å². The van der Waals surface area contributed by atoms with Gasteiger partial charge in [0.2, 0.25) is 0 Å². The van der Waals surface area contributed by atoms with Crippen molar-refractivity contribution in [2.24, 2.45) is 0 Å². The number of carbonyl (C=O) groups is 1. The van der Waals surface area contributed by atoms with E-state index in [2.05, 4.69) is 55.1 Å². The summed E-state index contributed by atoms with van der Waals surface area (Å²) in [5, 5.41) is 19.0. The Hall–Kier alpha value is -6.20. The molecule has 0 aliphatic carbocycles. The number of anilines is 3. The Morgan fingerprint density at radius 1 is 0.651 bits per heavy atom. The molecular formula is C50H50N4O6S3. The van der Waals surface area contributed by atoms with Gasteiger partial charge in [-0.25, -0.2) is 4.79 Å². The molecule has 4 aromatic carbocycles. The number of hydrogen-bond acceptors (Lipinski definition) is 12. The van der Waals surface area contributed by atoms with Crippen molar-refractivity contribution in [3.63, 3.8) is 0 Å². The summed E-state index contributed by atoms with van der Waals surface area (Å²) in [5.74, 6) is 1.53. The predicted molar refractivity (Wildman–Crippen MR) is 258 cm³/mol. The smallest absolute Gasteiger partial charge is 0.346 e. The van der Waals surface area contributed by atoms with Gasteiger partial charge < -0.3 is 29.0 Å². The SMILES string of the molecule is CCCCCCOc1c(OCCCCCC)c(-c2ccc(-c3ccc(N(c4ccc(OC)cc4)c4ccc(OC)cc4)cc3)s2)c2nsnc2c1-c1ccc(/C=C(\C#N)C(=O)O)s1. The van der Waals surface area contributed by atoms with Crippen molar-refractivity contribution >= 4 is 74.5 Å². The van der Waals surface area contributed by atoms with Gasteiger partial charge in [-0.1, -0.05) is 64.5 Å². The summed E-state index contributed by atoms with van der Waals surface area (Å²) in [5.41, 5.74) is 6.70. The Bertz CT molecular complexity index is 2630. The second kappa shape index (κ2) is 21.7. The fourth-order valence-electron chi connectivity index (χ4n) is 7.26. The monoisotopic (exact) mass is 898 g/mol. The van der Waals surface area contributed by atoms with E-state index in [1.165, 1.54) is 17.4 Å². The van der Waals surface area contributed by atoms with E-state index >= 15 is 0 Å². The zero-order valence-corrected chi connectivity index (χ0v) is 38.3. The number of methoxy groups -OCH3 is 2. The number of hydrogen-bond donors (Lipinski definition) is 1. The average molecular weight is 899 g/mol. The zero-order chi connectivity index (χ0) is 44.1. The van der Waals surface area contributed by atoms with Gasteiger partial charge in [0.15, 0.2) is 11.5 Å². The van der Waals surface area contributed by atoms with Crippen LogP contribution in [0.5, 0.6) is 23.0 Å². The zero-order valence-electron chi connectivity index (χ0n) is 35.9. The first-order chi connectivity index (χ1) is 30.9. The average Bonchev–Trinajstić information content (AvgIpc) is 4.11. The van der Waals surface area contributed by atoms with Crippen LogP contribution in [0.15, 0.2) is 103 Å². The molecule has 0 aliphatic rings.